The molecule has 3 N–H and O–H groups in total. The smallest absolute Gasteiger partial charge is 0.255 e. The van der Waals surface area contributed by atoms with Crippen molar-refractivity contribution in [3.05, 3.63) is 53.7 Å². The SMILES string of the molecule is O=Cc1n[nH]c2cc(C(=O)Nc3ccc(O)cc3)ccc12. The summed E-state index contributed by atoms with van der Waals surface area (Å²) >= 11 is 0. The van der Waals surface area contributed by atoms with Crippen molar-refractivity contribution in [2.75, 3.05) is 5.32 Å². The number of hydrogen-bond donors (Lipinski definition) is 3. The molecule has 1 amide bonds. The van der Waals surface area contributed by atoms with Crippen molar-refractivity contribution in [3.8, 4) is 5.75 Å². The fraction of sp³-hybridized carbons (Fsp3) is 0. The first-order chi connectivity index (χ1) is 10.2. The van der Waals surface area contributed by atoms with E-state index in [9.17, 15) is 14.7 Å². The van der Waals surface area contributed by atoms with Gasteiger partial charge in [0.2, 0.25) is 0 Å². The van der Waals surface area contributed by atoms with Crippen LogP contribution in [0, 0.1) is 0 Å². The van der Waals surface area contributed by atoms with Crippen molar-refractivity contribution in [1.29, 1.82) is 0 Å². The van der Waals surface area contributed by atoms with E-state index < -0.39 is 0 Å². The highest BCUT2D eigenvalue weighted by atomic mass is 16.3. The maximum atomic E-state index is 12.1. The number of anilines is 1. The molecular formula is C15H11N3O3. The Morgan fingerprint density at radius 1 is 1.19 bits per heavy atom. The largest absolute Gasteiger partial charge is 0.508 e. The van der Waals surface area contributed by atoms with Gasteiger partial charge in [-0.1, -0.05) is 0 Å². The van der Waals surface area contributed by atoms with E-state index in [0.717, 1.165) is 0 Å². The average Bonchev–Trinajstić information content (AvgIpc) is 2.91. The molecule has 0 atom stereocenters. The molecular weight excluding hydrogens is 270 g/mol. The molecule has 3 rings (SSSR count). The minimum atomic E-state index is -0.287. The standard InChI is InChI=1S/C15H11N3O3/c19-8-14-12-6-1-9(7-13(12)17-18-14)15(21)16-10-2-4-11(20)5-3-10/h1-8,20H,(H,16,21)(H,17,18). The van der Waals surface area contributed by atoms with Gasteiger partial charge in [-0.2, -0.15) is 5.10 Å². The summed E-state index contributed by atoms with van der Waals surface area (Å²) in [6.07, 6.45) is 0.662. The molecule has 0 aliphatic carbocycles. The third-order valence-corrected chi connectivity index (χ3v) is 3.09. The summed E-state index contributed by atoms with van der Waals surface area (Å²) in [6, 6.07) is 11.1. The van der Waals surface area contributed by atoms with Crippen LogP contribution in [0.15, 0.2) is 42.5 Å². The molecule has 0 unspecified atom stereocenters. The van der Waals surface area contributed by atoms with Gasteiger partial charge < -0.3 is 10.4 Å². The number of phenols is 1. The van der Waals surface area contributed by atoms with Crippen LogP contribution < -0.4 is 5.32 Å². The van der Waals surface area contributed by atoms with E-state index in [-0.39, 0.29) is 11.7 Å². The Hall–Kier alpha value is -3.15. The molecule has 0 aliphatic rings. The lowest BCUT2D eigenvalue weighted by atomic mass is 10.1. The summed E-state index contributed by atoms with van der Waals surface area (Å²) in [5.41, 5.74) is 1.96. The van der Waals surface area contributed by atoms with Crippen molar-refractivity contribution in [3.63, 3.8) is 0 Å². The minimum Gasteiger partial charge on any atom is -0.508 e. The zero-order chi connectivity index (χ0) is 14.8. The number of hydrogen-bond acceptors (Lipinski definition) is 4. The van der Waals surface area contributed by atoms with Gasteiger partial charge in [-0.25, -0.2) is 0 Å². The Morgan fingerprint density at radius 3 is 2.67 bits per heavy atom. The third kappa shape index (κ3) is 2.46. The van der Waals surface area contributed by atoms with Gasteiger partial charge in [0.1, 0.15) is 11.4 Å². The quantitative estimate of drug-likeness (QED) is 0.507. The van der Waals surface area contributed by atoms with Crippen LogP contribution in [0.4, 0.5) is 5.69 Å². The number of nitrogens with zero attached hydrogens (tertiary/aromatic N) is 1. The van der Waals surface area contributed by atoms with Gasteiger partial charge in [-0.3, -0.25) is 14.7 Å². The highest BCUT2D eigenvalue weighted by Crippen LogP contribution is 2.18. The second-order valence-electron chi connectivity index (χ2n) is 4.49. The lowest BCUT2D eigenvalue weighted by Gasteiger charge is -2.05. The lowest BCUT2D eigenvalue weighted by molar-refractivity contribution is 0.102. The number of aromatic hydroxyl groups is 1. The number of rotatable bonds is 3. The molecule has 0 bridgehead atoms. The second-order valence-corrected chi connectivity index (χ2v) is 4.49. The summed E-state index contributed by atoms with van der Waals surface area (Å²) in [6.45, 7) is 0. The average molecular weight is 281 g/mol. The van der Waals surface area contributed by atoms with Gasteiger partial charge >= 0.3 is 0 Å². The molecule has 0 aliphatic heterocycles. The van der Waals surface area contributed by atoms with E-state index in [1.165, 1.54) is 12.1 Å². The first kappa shape index (κ1) is 12.9. The number of nitrogens with one attached hydrogen (secondary N) is 2. The molecule has 0 fully saturated rings. The number of fused-ring (bicyclic) bond motifs is 1. The highest BCUT2D eigenvalue weighted by Gasteiger charge is 2.10. The molecule has 1 aromatic heterocycles. The Kier molecular flexibility index (Phi) is 3.12. The molecule has 0 saturated heterocycles. The van der Waals surface area contributed by atoms with Gasteiger partial charge in [0.25, 0.3) is 5.91 Å². The first-order valence-electron chi connectivity index (χ1n) is 6.21. The maximum Gasteiger partial charge on any atom is 0.255 e. The molecule has 6 nitrogen and oxygen atoms in total. The van der Waals surface area contributed by atoms with Gasteiger partial charge in [0.05, 0.1) is 5.52 Å². The number of benzene rings is 2. The number of H-pyrrole nitrogens is 1. The predicted octanol–water partition coefficient (Wildman–Crippen LogP) is 2.33. The normalized spacial score (nSPS) is 10.5. The summed E-state index contributed by atoms with van der Waals surface area (Å²) in [4.78, 5) is 22.9. The number of phenolic OH excluding ortho intramolecular Hbond substituents is 1. The molecule has 6 heteroatoms. The Balaban J connectivity index is 1.87. The Morgan fingerprint density at radius 2 is 1.95 bits per heavy atom. The summed E-state index contributed by atoms with van der Waals surface area (Å²) in [5.74, 6) is -0.155. The van der Waals surface area contributed by atoms with Crippen LogP contribution >= 0.6 is 0 Å². The topological polar surface area (TPSA) is 95.1 Å². The van der Waals surface area contributed by atoms with E-state index >= 15 is 0 Å². The van der Waals surface area contributed by atoms with Crippen molar-refractivity contribution >= 4 is 28.8 Å². The molecule has 3 aromatic rings. The van der Waals surface area contributed by atoms with Gasteiger partial charge in [-0.05, 0) is 42.5 Å². The Bertz CT molecular complexity index is 822. The van der Waals surface area contributed by atoms with Crippen LogP contribution in [0.1, 0.15) is 20.8 Å². The van der Waals surface area contributed by atoms with E-state index in [1.807, 2.05) is 0 Å². The summed E-state index contributed by atoms with van der Waals surface area (Å²) < 4.78 is 0. The first-order valence-corrected chi connectivity index (χ1v) is 6.21. The van der Waals surface area contributed by atoms with E-state index in [2.05, 4.69) is 15.5 Å². The van der Waals surface area contributed by atoms with Gasteiger partial charge in [-0.15, -0.1) is 0 Å². The second kappa shape index (κ2) is 5.09. The van der Waals surface area contributed by atoms with Crippen LogP contribution in [-0.2, 0) is 0 Å². The van der Waals surface area contributed by atoms with Crippen LogP contribution in [0.2, 0.25) is 0 Å². The molecule has 0 spiro atoms. The molecule has 0 radical (unpaired) electrons. The zero-order valence-electron chi connectivity index (χ0n) is 10.8. The van der Waals surface area contributed by atoms with Crippen LogP contribution in [0.5, 0.6) is 5.75 Å². The van der Waals surface area contributed by atoms with Gasteiger partial charge in [0.15, 0.2) is 6.29 Å². The Labute approximate surface area is 119 Å². The number of aromatic nitrogens is 2. The number of amides is 1. The lowest BCUT2D eigenvalue weighted by Crippen LogP contribution is -2.11. The van der Waals surface area contributed by atoms with E-state index in [1.54, 1.807) is 30.3 Å². The van der Waals surface area contributed by atoms with Crippen molar-refractivity contribution in [1.82, 2.24) is 10.2 Å². The third-order valence-electron chi connectivity index (χ3n) is 3.09. The molecule has 21 heavy (non-hydrogen) atoms. The maximum absolute atomic E-state index is 12.1. The molecule has 104 valence electrons. The van der Waals surface area contributed by atoms with Crippen molar-refractivity contribution in [2.45, 2.75) is 0 Å². The molecule has 1 heterocycles. The summed E-state index contributed by atoms with van der Waals surface area (Å²) in [7, 11) is 0. The monoisotopic (exact) mass is 281 g/mol. The van der Waals surface area contributed by atoms with Crippen LogP contribution in [0.25, 0.3) is 10.9 Å². The van der Waals surface area contributed by atoms with Crippen LogP contribution in [-0.4, -0.2) is 27.5 Å². The molecule has 2 aromatic carbocycles. The highest BCUT2D eigenvalue weighted by molar-refractivity contribution is 6.07. The van der Waals surface area contributed by atoms with Crippen molar-refractivity contribution in [2.24, 2.45) is 0 Å². The predicted molar refractivity (Wildman–Crippen MR) is 77.5 cm³/mol. The van der Waals surface area contributed by atoms with Crippen molar-refractivity contribution < 1.29 is 14.7 Å². The van der Waals surface area contributed by atoms with Gasteiger partial charge in [0, 0.05) is 16.6 Å². The fourth-order valence-electron chi connectivity index (χ4n) is 2.02. The minimum absolute atomic E-state index is 0.133. The van der Waals surface area contributed by atoms with Crippen LogP contribution in [0.3, 0.4) is 0 Å². The van der Waals surface area contributed by atoms with E-state index in [0.29, 0.717) is 34.1 Å². The fourth-order valence-corrected chi connectivity index (χ4v) is 2.02. The number of aromatic amines is 1. The molecule has 0 saturated carbocycles. The number of carbonyl (C=O) groups excluding carboxylic acids is 2. The van der Waals surface area contributed by atoms with E-state index in [4.69, 9.17) is 0 Å². The number of carbonyl (C=O) groups is 2. The zero-order valence-corrected chi connectivity index (χ0v) is 10.8. The number of aldehydes is 1. The summed E-state index contributed by atoms with van der Waals surface area (Å²) in [5, 5.41) is 19.2.